The molecule has 0 amide bonds. The number of hydrogen-bond donors (Lipinski definition) is 3. The number of aromatic hydroxyl groups is 1. The van der Waals surface area contributed by atoms with Crippen LogP contribution in [0.4, 0.5) is 5.69 Å². The molecule has 0 unspecified atom stereocenters. The standard InChI is InChI=1S/C12H18N2O/c13-10-3-6-12(15)9(8-10)2-1-7-14-11-4-5-11/h3,6,8,11,14-15H,1-2,4-5,7,13H2. The largest absolute Gasteiger partial charge is 0.508 e. The van der Waals surface area contributed by atoms with Crippen LogP contribution in [0.25, 0.3) is 0 Å². The quantitative estimate of drug-likeness (QED) is 0.390. The molecule has 0 bridgehead atoms. The number of aryl methyl sites for hydroxylation is 1. The van der Waals surface area contributed by atoms with E-state index in [9.17, 15) is 5.11 Å². The first-order valence-electron chi connectivity index (χ1n) is 5.56. The molecule has 0 spiro atoms. The maximum Gasteiger partial charge on any atom is 0.118 e. The molecule has 1 aromatic carbocycles. The Morgan fingerprint density at radius 2 is 2.20 bits per heavy atom. The van der Waals surface area contributed by atoms with Gasteiger partial charge in [0.15, 0.2) is 0 Å². The van der Waals surface area contributed by atoms with Crippen LogP contribution < -0.4 is 11.1 Å². The Morgan fingerprint density at radius 1 is 1.40 bits per heavy atom. The third-order valence-electron chi connectivity index (χ3n) is 2.74. The fourth-order valence-electron chi connectivity index (χ4n) is 1.68. The topological polar surface area (TPSA) is 58.3 Å². The molecule has 1 saturated carbocycles. The van der Waals surface area contributed by atoms with Gasteiger partial charge in [0.1, 0.15) is 5.75 Å². The summed E-state index contributed by atoms with van der Waals surface area (Å²) in [5, 5.41) is 13.0. The minimum absolute atomic E-state index is 0.357. The van der Waals surface area contributed by atoms with Gasteiger partial charge in [-0.15, -0.1) is 0 Å². The number of phenolic OH excluding ortho intramolecular Hbond substituents is 1. The van der Waals surface area contributed by atoms with Crippen LogP contribution in [-0.2, 0) is 6.42 Å². The molecule has 1 aliphatic rings. The zero-order valence-electron chi connectivity index (χ0n) is 8.87. The van der Waals surface area contributed by atoms with E-state index in [0.29, 0.717) is 5.75 Å². The lowest BCUT2D eigenvalue weighted by atomic mass is 10.1. The van der Waals surface area contributed by atoms with E-state index in [2.05, 4.69) is 5.32 Å². The number of hydrogen-bond acceptors (Lipinski definition) is 3. The highest BCUT2D eigenvalue weighted by molar-refractivity contribution is 5.47. The van der Waals surface area contributed by atoms with E-state index in [4.69, 9.17) is 5.73 Å². The maximum atomic E-state index is 9.58. The fraction of sp³-hybridized carbons (Fsp3) is 0.500. The van der Waals surface area contributed by atoms with E-state index < -0.39 is 0 Å². The Labute approximate surface area is 90.3 Å². The third-order valence-corrected chi connectivity index (χ3v) is 2.74. The van der Waals surface area contributed by atoms with Gasteiger partial charge in [0, 0.05) is 11.7 Å². The van der Waals surface area contributed by atoms with Crippen molar-refractivity contribution in [3.63, 3.8) is 0 Å². The Bertz CT molecular complexity index is 334. The van der Waals surface area contributed by atoms with Gasteiger partial charge in [-0.05, 0) is 56.0 Å². The van der Waals surface area contributed by atoms with Gasteiger partial charge in [0.2, 0.25) is 0 Å². The first-order chi connectivity index (χ1) is 7.25. The van der Waals surface area contributed by atoms with E-state index in [1.807, 2.05) is 6.07 Å². The highest BCUT2D eigenvalue weighted by atomic mass is 16.3. The molecule has 1 fully saturated rings. The van der Waals surface area contributed by atoms with Crippen molar-refractivity contribution >= 4 is 5.69 Å². The molecule has 1 aliphatic carbocycles. The van der Waals surface area contributed by atoms with Crippen molar-refractivity contribution in [3.05, 3.63) is 23.8 Å². The summed E-state index contributed by atoms with van der Waals surface area (Å²) >= 11 is 0. The van der Waals surface area contributed by atoms with Gasteiger partial charge < -0.3 is 16.2 Å². The molecule has 4 N–H and O–H groups in total. The zero-order valence-corrected chi connectivity index (χ0v) is 8.87. The minimum Gasteiger partial charge on any atom is -0.508 e. The van der Waals surface area contributed by atoms with Gasteiger partial charge in [-0.2, -0.15) is 0 Å². The molecule has 15 heavy (non-hydrogen) atoms. The summed E-state index contributed by atoms with van der Waals surface area (Å²) in [7, 11) is 0. The van der Waals surface area contributed by atoms with Crippen LogP contribution in [0.3, 0.4) is 0 Å². The third kappa shape index (κ3) is 3.13. The first kappa shape index (κ1) is 10.3. The van der Waals surface area contributed by atoms with Gasteiger partial charge >= 0.3 is 0 Å². The van der Waals surface area contributed by atoms with E-state index in [1.54, 1.807) is 12.1 Å². The van der Waals surface area contributed by atoms with Crippen molar-refractivity contribution in [2.24, 2.45) is 0 Å². The second-order valence-corrected chi connectivity index (χ2v) is 4.22. The van der Waals surface area contributed by atoms with Crippen molar-refractivity contribution in [1.82, 2.24) is 5.32 Å². The molecule has 3 nitrogen and oxygen atoms in total. The molecule has 1 aromatic rings. The SMILES string of the molecule is Nc1ccc(O)c(CCCNC2CC2)c1. The Hall–Kier alpha value is -1.22. The van der Waals surface area contributed by atoms with Crippen molar-refractivity contribution in [3.8, 4) is 5.75 Å². The average Bonchev–Trinajstić information content (AvgIpc) is 3.01. The summed E-state index contributed by atoms with van der Waals surface area (Å²) in [5.41, 5.74) is 7.34. The average molecular weight is 206 g/mol. The molecule has 0 atom stereocenters. The number of nitrogens with two attached hydrogens (primary N) is 1. The predicted molar refractivity (Wildman–Crippen MR) is 61.9 cm³/mol. The second-order valence-electron chi connectivity index (χ2n) is 4.22. The second kappa shape index (κ2) is 4.53. The number of nitrogen functional groups attached to an aromatic ring is 1. The van der Waals surface area contributed by atoms with Gasteiger partial charge in [0.05, 0.1) is 0 Å². The van der Waals surface area contributed by atoms with E-state index in [-0.39, 0.29) is 0 Å². The minimum atomic E-state index is 0.357. The smallest absolute Gasteiger partial charge is 0.118 e. The number of rotatable bonds is 5. The van der Waals surface area contributed by atoms with Crippen LogP contribution in [0.5, 0.6) is 5.75 Å². The van der Waals surface area contributed by atoms with Crippen LogP contribution in [-0.4, -0.2) is 17.7 Å². The first-order valence-corrected chi connectivity index (χ1v) is 5.56. The van der Waals surface area contributed by atoms with Crippen molar-refractivity contribution in [2.45, 2.75) is 31.7 Å². The Morgan fingerprint density at radius 3 is 2.93 bits per heavy atom. The summed E-state index contributed by atoms with van der Waals surface area (Å²) < 4.78 is 0. The Balaban J connectivity index is 1.78. The monoisotopic (exact) mass is 206 g/mol. The van der Waals surface area contributed by atoms with E-state index in [1.165, 1.54) is 12.8 Å². The number of benzene rings is 1. The fourth-order valence-corrected chi connectivity index (χ4v) is 1.68. The van der Waals surface area contributed by atoms with Crippen LogP contribution in [0, 0.1) is 0 Å². The van der Waals surface area contributed by atoms with Gasteiger partial charge in [-0.25, -0.2) is 0 Å². The molecule has 0 aromatic heterocycles. The van der Waals surface area contributed by atoms with Crippen molar-refractivity contribution in [2.75, 3.05) is 12.3 Å². The maximum absolute atomic E-state index is 9.58. The molecule has 3 heteroatoms. The van der Waals surface area contributed by atoms with Crippen molar-refractivity contribution < 1.29 is 5.11 Å². The number of phenols is 1. The molecular weight excluding hydrogens is 188 g/mol. The van der Waals surface area contributed by atoms with Gasteiger partial charge in [0.25, 0.3) is 0 Å². The van der Waals surface area contributed by atoms with Crippen LogP contribution in [0.1, 0.15) is 24.8 Å². The number of nitrogens with one attached hydrogen (secondary N) is 1. The van der Waals surface area contributed by atoms with Crippen LogP contribution >= 0.6 is 0 Å². The summed E-state index contributed by atoms with van der Waals surface area (Å²) in [5.74, 6) is 0.357. The molecule has 0 aliphatic heterocycles. The van der Waals surface area contributed by atoms with E-state index in [0.717, 1.165) is 36.7 Å². The molecule has 82 valence electrons. The van der Waals surface area contributed by atoms with Crippen LogP contribution in [0.2, 0.25) is 0 Å². The predicted octanol–water partition coefficient (Wildman–Crippen LogP) is 1.66. The lowest BCUT2D eigenvalue weighted by Gasteiger charge is -2.06. The van der Waals surface area contributed by atoms with Crippen LogP contribution in [0.15, 0.2) is 18.2 Å². The molecule has 0 saturated heterocycles. The molecule has 0 heterocycles. The van der Waals surface area contributed by atoms with E-state index >= 15 is 0 Å². The number of anilines is 1. The molecule has 2 rings (SSSR count). The van der Waals surface area contributed by atoms with Crippen molar-refractivity contribution in [1.29, 1.82) is 0 Å². The summed E-state index contributed by atoms with van der Waals surface area (Å²) in [6, 6.07) is 6.01. The van der Waals surface area contributed by atoms with Gasteiger partial charge in [-0.3, -0.25) is 0 Å². The Kier molecular flexibility index (Phi) is 3.11. The summed E-state index contributed by atoms with van der Waals surface area (Å²) in [6.07, 6.45) is 4.58. The zero-order chi connectivity index (χ0) is 10.7. The summed E-state index contributed by atoms with van der Waals surface area (Å²) in [6.45, 7) is 1.03. The lowest BCUT2D eigenvalue weighted by Crippen LogP contribution is -2.17. The lowest BCUT2D eigenvalue weighted by molar-refractivity contribution is 0.466. The normalized spacial score (nSPS) is 15.5. The highest BCUT2D eigenvalue weighted by Crippen LogP contribution is 2.21. The molecular formula is C12H18N2O. The van der Waals surface area contributed by atoms with Gasteiger partial charge in [-0.1, -0.05) is 0 Å². The summed E-state index contributed by atoms with van der Waals surface area (Å²) in [4.78, 5) is 0. The highest BCUT2D eigenvalue weighted by Gasteiger charge is 2.19. The molecule has 0 radical (unpaired) electrons.